The van der Waals surface area contributed by atoms with Crippen LogP contribution in [-0.4, -0.2) is 16.5 Å². The lowest BCUT2D eigenvalue weighted by molar-refractivity contribution is 0.766. The molecule has 0 aliphatic heterocycles. The summed E-state index contributed by atoms with van der Waals surface area (Å²) in [5.74, 6) is 0.318. The molecule has 0 aliphatic carbocycles. The van der Waals surface area contributed by atoms with Crippen LogP contribution < -0.4 is 5.73 Å². The number of aromatic nitrogens is 2. The summed E-state index contributed by atoms with van der Waals surface area (Å²) in [6, 6.07) is 8.17. The van der Waals surface area contributed by atoms with E-state index in [1.807, 2.05) is 18.2 Å². The molecule has 3 nitrogen and oxygen atoms in total. The number of nitrogens with two attached hydrogens (primary N) is 1. The van der Waals surface area contributed by atoms with Crippen molar-refractivity contribution in [2.45, 2.75) is 12.8 Å². The summed E-state index contributed by atoms with van der Waals surface area (Å²) < 4.78 is 1.20. The van der Waals surface area contributed by atoms with E-state index >= 15 is 0 Å². The van der Waals surface area contributed by atoms with E-state index in [9.17, 15) is 0 Å². The van der Waals surface area contributed by atoms with Crippen molar-refractivity contribution in [2.75, 3.05) is 6.54 Å². The molecule has 3 rings (SSSR count). The van der Waals surface area contributed by atoms with Crippen molar-refractivity contribution in [1.29, 1.82) is 0 Å². The van der Waals surface area contributed by atoms with E-state index in [-0.39, 0.29) is 0 Å². The molecule has 1 aromatic carbocycles. The highest BCUT2D eigenvalue weighted by Gasteiger charge is 2.12. The molecule has 0 spiro atoms. The maximum absolute atomic E-state index is 5.67. The zero-order chi connectivity index (χ0) is 12.5. The fraction of sp³-hybridized carbons (Fsp3) is 0.231. The average molecular weight is 275 g/mol. The number of para-hydroxylation sites is 1. The summed E-state index contributed by atoms with van der Waals surface area (Å²) in [6.07, 6.45) is 0. The van der Waals surface area contributed by atoms with Gasteiger partial charge in [-0.3, -0.25) is 0 Å². The van der Waals surface area contributed by atoms with E-state index < -0.39 is 0 Å². The number of nitrogens with zero attached hydrogens (tertiary/aromatic N) is 2. The average Bonchev–Trinajstić information content (AvgIpc) is 3.03. The number of thiazole rings is 2. The molecule has 0 fully saturated rings. The first-order valence-corrected chi connectivity index (χ1v) is 7.49. The Balaban J connectivity index is 2.01. The smallest absolute Gasteiger partial charge is 0.143 e. The number of hydrogen-bond donors (Lipinski definition) is 1. The van der Waals surface area contributed by atoms with Crippen molar-refractivity contribution in [2.24, 2.45) is 5.73 Å². The van der Waals surface area contributed by atoms with E-state index in [2.05, 4.69) is 28.3 Å². The van der Waals surface area contributed by atoms with Crippen molar-refractivity contribution >= 4 is 32.9 Å². The fourth-order valence-corrected chi connectivity index (χ4v) is 3.57. The third kappa shape index (κ3) is 2.05. The normalized spacial score (nSPS) is 13.0. The lowest BCUT2D eigenvalue weighted by atomic mass is 10.2. The molecule has 3 aromatic rings. The van der Waals surface area contributed by atoms with E-state index in [0.29, 0.717) is 12.5 Å². The molecule has 0 saturated carbocycles. The lowest BCUT2D eigenvalue weighted by Gasteiger charge is -2.01. The summed E-state index contributed by atoms with van der Waals surface area (Å²) in [7, 11) is 0. The Hall–Kier alpha value is -1.30. The first-order valence-electron chi connectivity index (χ1n) is 5.79. The van der Waals surface area contributed by atoms with Gasteiger partial charge in [-0.15, -0.1) is 22.7 Å². The van der Waals surface area contributed by atoms with Crippen LogP contribution in [0.4, 0.5) is 0 Å². The van der Waals surface area contributed by atoms with E-state index in [0.717, 1.165) is 21.2 Å². The van der Waals surface area contributed by atoms with Crippen LogP contribution in [0.3, 0.4) is 0 Å². The molecule has 1 unspecified atom stereocenters. The van der Waals surface area contributed by atoms with Crippen molar-refractivity contribution < 1.29 is 0 Å². The molecule has 18 heavy (non-hydrogen) atoms. The molecule has 2 N–H and O–H groups in total. The summed E-state index contributed by atoms with van der Waals surface area (Å²) >= 11 is 3.35. The first kappa shape index (κ1) is 11.8. The van der Waals surface area contributed by atoms with Crippen LogP contribution in [-0.2, 0) is 0 Å². The summed E-state index contributed by atoms with van der Waals surface area (Å²) in [6.45, 7) is 2.73. The largest absolute Gasteiger partial charge is 0.330 e. The Morgan fingerprint density at radius 2 is 2.11 bits per heavy atom. The van der Waals surface area contributed by atoms with Gasteiger partial charge in [-0.1, -0.05) is 19.1 Å². The molecule has 2 aromatic heterocycles. The van der Waals surface area contributed by atoms with Crippen molar-refractivity contribution in [3.63, 3.8) is 0 Å². The van der Waals surface area contributed by atoms with Gasteiger partial charge in [0.15, 0.2) is 0 Å². The Morgan fingerprint density at radius 3 is 2.89 bits per heavy atom. The molecular weight excluding hydrogens is 262 g/mol. The third-order valence-electron chi connectivity index (χ3n) is 2.81. The van der Waals surface area contributed by atoms with Crippen LogP contribution in [0.15, 0.2) is 29.6 Å². The van der Waals surface area contributed by atoms with Gasteiger partial charge in [0.25, 0.3) is 0 Å². The Labute approximate surface area is 113 Å². The minimum Gasteiger partial charge on any atom is -0.330 e. The minimum absolute atomic E-state index is 0.318. The van der Waals surface area contributed by atoms with Gasteiger partial charge in [0.1, 0.15) is 10.7 Å². The number of rotatable bonds is 3. The Morgan fingerprint density at radius 1 is 1.28 bits per heavy atom. The molecule has 92 valence electrons. The maximum Gasteiger partial charge on any atom is 0.143 e. The molecular formula is C13H13N3S2. The number of benzene rings is 1. The second kappa shape index (κ2) is 4.76. The predicted molar refractivity (Wildman–Crippen MR) is 78.2 cm³/mol. The van der Waals surface area contributed by atoms with Gasteiger partial charge >= 0.3 is 0 Å². The lowest BCUT2D eigenvalue weighted by Crippen LogP contribution is -2.08. The quantitative estimate of drug-likeness (QED) is 0.796. The molecule has 0 bridgehead atoms. The van der Waals surface area contributed by atoms with Crippen molar-refractivity contribution in [3.05, 3.63) is 34.7 Å². The van der Waals surface area contributed by atoms with Crippen LogP contribution in [0.2, 0.25) is 0 Å². The van der Waals surface area contributed by atoms with Crippen molar-refractivity contribution in [1.82, 2.24) is 9.97 Å². The van der Waals surface area contributed by atoms with Gasteiger partial charge in [-0.25, -0.2) is 9.97 Å². The zero-order valence-electron chi connectivity index (χ0n) is 9.96. The van der Waals surface area contributed by atoms with E-state index in [1.165, 1.54) is 4.70 Å². The summed E-state index contributed by atoms with van der Waals surface area (Å²) in [5, 5.41) is 4.15. The maximum atomic E-state index is 5.67. The molecule has 0 aliphatic rings. The molecule has 0 radical (unpaired) electrons. The van der Waals surface area contributed by atoms with Gasteiger partial charge in [-0.2, -0.15) is 0 Å². The van der Waals surface area contributed by atoms with Crippen LogP contribution >= 0.6 is 22.7 Å². The standard InChI is InChI=1S/C13H13N3S2/c1-8(6-14)12-16-10(7-17-12)13-15-9-4-2-3-5-11(9)18-13/h2-5,7-8H,6,14H2,1H3. The minimum atomic E-state index is 0.318. The van der Waals surface area contributed by atoms with Crippen LogP contribution in [0.5, 0.6) is 0 Å². The molecule has 1 atom stereocenters. The SMILES string of the molecule is CC(CN)c1nc(-c2nc3ccccc3s2)cs1. The van der Waals surface area contributed by atoms with Gasteiger partial charge < -0.3 is 5.73 Å². The molecule has 2 heterocycles. The summed E-state index contributed by atoms with van der Waals surface area (Å²) in [4.78, 5) is 9.25. The highest BCUT2D eigenvalue weighted by Crippen LogP contribution is 2.32. The second-order valence-corrected chi connectivity index (χ2v) is 6.11. The van der Waals surface area contributed by atoms with Crippen LogP contribution in [0.25, 0.3) is 20.9 Å². The van der Waals surface area contributed by atoms with Gasteiger partial charge in [-0.05, 0) is 12.1 Å². The monoisotopic (exact) mass is 275 g/mol. The second-order valence-electron chi connectivity index (χ2n) is 4.19. The molecule has 5 heteroatoms. The highest BCUT2D eigenvalue weighted by atomic mass is 32.1. The Bertz CT molecular complexity index is 638. The van der Waals surface area contributed by atoms with Gasteiger partial charge in [0.2, 0.25) is 0 Å². The van der Waals surface area contributed by atoms with Crippen LogP contribution in [0, 0.1) is 0 Å². The highest BCUT2D eigenvalue weighted by molar-refractivity contribution is 7.21. The van der Waals surface area contributed by atoms with Crippen molar-refractivity contribution in [3.8, 4) is 10.7 Å². The molecule has 0 amide bonds. The number of fused-ring (bicyclic) bond motifs is 1. The molecule has 0 saturated heterocycles. The topological polar surface area (TPSA) is 51.8 Å². The third-order valence-corrected chi connectivity index (χ3v) is 4.95. The fourth-order valence-electron chi connectivity index (χ4n) is 1.69. The summed E-state index contributed by atoms with van der Waals surface area (Å²) in [5.41, 5.74) is 7.68. The number of hydrogen-bond acceptors (Lipinski definition) is 5. The van der Waals surface area contributed by atoms with Gasteiger partial charge in [0.05, 0.1) is 15.2 Å². The predicted octanol–water partition coefficient (Wildman–Crippen LogP) is 3.48. The zero-order valence-corrected chi connectivity index (χ0v) is 11.6. The van der Waals surface area contributed by atoms with E-state index in [1.54, 1.807) is 22.7 Å². The van der Waals surface area contributed by atoms with E-state index in [4.69, 9.17) is 5.73 Å². The van der Waals surface area contributed by atoms with Gasteiger partial charge in [0, 0.05) is 17.8 Å². The van der Waals surface area contributed by atoms with Crippen LogP contribution in [0.1, 0.15) is 17.8 Å². The Kier molecular flexibility index (Phi) is 3.11. The first-order chi connectivity index (χ1) is 8.78.